The Hall–Kier alpha value is -3.53. The van der Waals surface area contributed by atoms with Crippen molar-refractivity contribution in [2.75, 3.05) is 6.61 Å². The van der Waals surface area contributed by atoms with Crippen LogP contribution in [-0.4, -0.2) is 22.2 Å². The van der Waals surface area contributed by atoms with Gasteiger partial charge in [0.25, 0.3) is 0 Å². The lowest BCUT2D eigenvalue weighted by Crippen LogP contribution is -2.05. The number of esters is 1. The number of phenols is 1. The largest absolute Gasteiger partial charge is 0.508 e. The summed E-state index contributed by atoms with van der Waals surface area (Å²) in [5, 5.41) is 10.9. The second-order valence-corrected chi connectivity index (χ2v) is 7.68. The molecule has 0 spiro atoms. The van der Waals surface area contributed by atoms with Crippen LogP contribution in [0.2, 0.25) is 0 Å². The van der Waals surface area contributed by atoms with Crippen LogP contribution < -0.4 is 0 Å². The van der Waals surface area contributed by atoms with Gasteiger partial charge in [0.15, 0.2) is 0 Å². The minimum Gasteiger partial charge on any atom is -0.508 e. The molecule has 0 radical (unpaired) electrons. The lowest BCUT2D eigenvalue weighted by molar-refractivity contribution is -0.143. The van der Waals surface area contributed by atoms with Gasteiger partial charge in [-0.15, -0.1) is 0 Å². The topological polar surface area (TPSA) is 51.5 Å². The highest BCUT2D eigenvalue weighted by Gasteiger charge is 2.12. The molecule has 1 heterocycles. The van der Waals surface area contributed by atoms with Crippen molar-refractivity contribution in [1.29, 1.82) is 0 Å². The molecule has 0 saturated heterocycles. The highest BCUT2D eigenvalue weighted by molar-refractivity contribution is 5.86. The number of carbonyl (C=O) groups excluding carboxylic acids is 1. The molecule has 4 heteroatoms. The molecule has 0 aliphatic rings. The molecule has 4 rings (SSSR count). The van der Waals surface area contributed by atoms with Crippen LogP contribution in [0.5, 0.6) is 5.75 Å². The van der Waals surface area contributed by atoms with E-state index in [1.54, 1.807) is 12.1 Å². The van der Waals surface area contributed by atoms with Gasteiger partial charge >= 0.3 is 5.97 Å². The van der Waals surface area contributed by atoms with E-state index >= 15 is 0 Å². The summed E-state index contributed by atoms with van der Waals surface area (Å²) < 4.78 is 7.24. The first-order valence-corrected chi connectivity index (χ1v) is 10.8. The van der Waals surface area contributed by atoms with Crippen molar-refractivity contribution in [2.24, 2.45) is 0 Å². The molecule has 31 heavy (non-hydrogen) atoms. The molecule has 4 nitrogen and oxygen atoms in total. The monoisotopic (exact) mass is 413 g/mol. The lowest BCUT2D eigenvalue weighted by Gasteiger charge is -2.07. The molecule has 1 N–H and O–H groups in total. The van der Waals surface area contributed by atoms with Crippen molar-refractivity contribution in [1.82, 2.24) is 4.57 Å². The van der Waals surface area contributed by atoms with Crippen LogP contribution in [0.15, 0.2) is 79.0 Å². The van der Waals surface area contributed by atoms with Crippen LogP contribution in [0.4, 0.5) is 0 Å². The predicted octanol–water partition coefficient (Wildman–Crippen LogP) is 5.62. The van der Waals surface area contributed by atoms with E-state index in [9.17, 15) is 9.90 Å². The number of hydrogen-bond donors (Lipinski definition) is 1. The Morgan fingerprint density at radius 1 is 0.903 bits per heavy atom. The van der Waals surface area contributed by atoms with E-state index < -0.39 is 0 Å². The second kappa shape index (κ2) is 9.52. The summed E-state index contributed by atoms with van der Waals surface area (Å²) in [5.41, 5.74) is 5.84. The van der Waals surface area contributed by atoms with E-state index in [0.29, 0.717) is 19.4 Å². The highest BCUT2D eigenvalue weighted by Crippen LogP contribution is 2.28. The van der Waals surface area contributed by atoms with Crippen LogP contribution >= 0.6 is 0 Å². The summed E-state index contributed by atoms with van der Waals surface area (Å²) in [4.78, 5) is 11.8. The Bertz CT molecular complexity index is 1160. The Kier molecular flexibility index (Phi) is 6.37. The van der Waals surface area contributed by atoms with Crippen LogP contribution in [0.1, 0.15) is 30.0 Å². The Morgan fingerprint density at radius 2 is 1.68 bits per heavy atom. The third-order valence-corrected chi connectivity index (χ3v) is 5.53. The van der Waals surface area contributed by atoms with Crippen LogP contribution in [0.3, 0.4) is 0 Å². The lowest BCUT2D eigenvalue weighted by atomic mass is 10.0. The van der Waals surface area contributed by atoms with Gasteiger partial charge < -0.3 is 14.4 Å². The Morgan fingerprint density at radius 3 is 2.42 bits per heavy atom. The standard InChI is InChI=1S/C27H27NO3/c1-2-31-27(30)17-10-21-9-16-26-25(18-21)22(11-8-20-6-4-3-5-7-20)19-28(26)23-12-14-24(29)15-13-23/h3-7,9,12-16,18-19,29H,2,8,10-11,17H2,1H3. The summed E-state index contributed by atoms with van der Waals surface area (Å²) in [7, 11) is 0. The Labute approximate surface area is 182 Å². The van der Waals surface area contributed by atoms with Gasteiger partial charge in [-0.05, 0) is 79.3 Å². The maximum absolute atomic E-state index is 11.8. The fourth-order valence-electron chi connectivity index (χ4n) is 3.93. The number of rotatable bonds is 8. The molecule has 158 valence electrons. The minimum absolute atomic E-state index is 0.159. The zero-order valence-electron chi connectivity index (χ0n) is 17.8. The number of aryl methyl sites for hydroxylation is 3. The van der Waals surface area contributed by atoms with Gasteiger partial charge in [0.1, 0.15) is 5.75 Å². The molecule has 4 aromatic rings. The van der Waals surface area contributed by atoms with Gasteiger partial charge in [0, 0.05) is 23.7 Å². The number of aromatic hydroxyl groups is 1. The fourth-order valence-corrected chi connectivity index (χ4v) is 3.93. The maximum atomic E-state index is 11.8. The summed E-state index contributed by atoms with van der Waals surface area (Å²) in [6, 6.07) is 24.2. The van der Waals surface area contributed by atoms with Crippen LogP contribution in [-0.2, 0) is 28.8 Å². The van der Waals surface area contributed by atoms with Crippen LogP contribution in [0, 0.1) is 0 Å². The predicted molar refractivity (Wildman–Crippen MR) is 124 cm³/mol. The van der Waals surface area contributed by atoms with Gasteiger partial charge in [-0.25, -0.2) is 0 Å². The molecule has 1 aromatic heterocycles. The number of carbonyl (C=O) groups is 1. The van der Waals surface area contributed by atoms with Crippen molar-refractivity contribution < 1.29 is 14.6 Å². The first kappa shape index (κ1) is 20.7. The van der Waals surface area contributed by atoms with Gasteiger partial charge in [-0.3, -0.25) is 4.79 Å². The summed E-state index contributed by atoms with van der Waals surface area (Å²) in [5.74, 6) is 0.0966. The van der Waals surface area contributed by atoms with E-state index in [2.05, 4.69) is 53.2 Å². The molecule has 0 amide bonds. The number of aromatic nitrogens is 1. The highest BCUT2D eigenvalue weighted by atomic mass is 16.5. The van der Waals surface area contributed by atoms with E-state index in [1.165, 1.54) is 16.5 Å². The second-order valence-electron chi connectivity index (χ2n) is 7.68. The van der Waals surface area contributed by atoms with Gasteiger partial charge in [-0.1, -0.05) is 36.4 Å². The van der Waals surface area contributed by atoms with Gasteiger partial charge in [0.05, 0.1) is 12.1 Å². The zero-order valence-corrected chi connectivity index (χ0v) is 17.8. The molecular weight excluding hydrogens is 386 g/mol. The fraction of sp³-hybridized carbons (Fsp3) is 0.222. The van der Waals surface area contributed by atoms with Crippen molar-refractivity contribution in [3.63, 3.8) is 0 Å². The normalized spacial score (nSPS) is 11.0. The third kappa shape index (κ3) is 4.97. The molecular formula is C27H27NO3. The van der Waals surface area contributed by atoms with Crippen LogP contribution in [0.25, 0.3) is 16.6 Å². The number of benzene rings is 3. The summed E-state index contributed by atoms with van der Waals surface area (Å²) >= 11 is 0. The van der Waals surface area contributed by atoms with E-state index in [4.69, 9.17) is 4.74 Å². The first-order chi connectivity index (χ1) is 15.1. The maximum Gasteiger partial charge on any atom is 0.306 e. The molecule has 0 aliphatic carbocycles. The minimum atomic E-state index is -0.159. The number of fused-ring (bicyclic) bond motifs is 1. The zero-order chi connectivity index (χ0) is 21.6. The van der Waals surface area contributed by atoms with E-state index in [0.717, 1.165) is 29.6 Å². The smallest absolute Gasteiger partial charge is 0.306 e. The first-order valence-electron chi connectivity index (χ1n) is 10.8. The number of nitrogens with zero attached hydrogens (tertiary/aromatic N) is 1. The van der Waals surface area contributed by atoms with Crippen molar-refractivity contribution in [3.05, 3.63) is 95.7 Å². The summed E-state index contributed by atoms with van der Waals surface area (Å²) in [6.07, 6.45) is 5.12. The molecule has 3 aromatic carbocycles. The Balaban J connectivity index is 1.67. The van der Waals surface area contributed by atoms with Gasteiger partial charge in [0.2, 0.25) is 0 Å². The average Bonchev–Trinajstić information content (AvgIpc) is 3.15. The van der Waals surface area contributed by atoms with Crippen molar-refractivity contribution >= 4 is 16.9 Å². The molecule has 0 atom stereocenters. The average molecular weight is 414 g/mol. The van der Waals surface area contributed by atoms with E-state index in [1.807, 2.05) is 25.1 Å². The van der Waals surface area contributed by atoms with Gasteiger partial charge in [-0.2, -0.15) is 0 Å². The van der Waals surface area contributed by atoms with E-state index in [-0.39, 0.29) is 11.7 Å². The SMILES string of the molecule is CCOC(=O)CCc1ccc2c(c1)c(CCc1ccccc1)cn2-c1ccc(O)cc1. The molecule has 0 aliphatic heterocycles. The summed E-state index contributed by atoms with van der Waals surface area (Å²) in [6.45, 7) is 2.24. The molecule has 0 unspecified atom stereocenters. The number of hydrogen-bond acceptors (Lipinski definition) is 3. The third-order valence-electron chi connectivity index (χ3n) is 5.53. The quantitative estimate of drug-likeness (QED) is 0.382. The van der Waals surface area contributed by atoms with Crippen molar-refractivity contribution in [3.8, 4) is 11.4 Å². The molecule has 0 bridgehead atoms. The molecule has 0 fully saturated rings. The van der Waals surface area contributed by atoms with Crippen molar-refractivity contribution in [2.45, 2.75) is 32.6 Å². The molecule has 0 saturated carbocycles. The number of ether oxygens (including phenoxy) is 1. The number of phenolic OH excluding ortho intramolecular Hbond substituents is 1.